The zero-order chi connectivity index (χ0) is 24.8. The van der Waals surface area contributed by atoms with Crippen molar-refractivity contribution >= 4 is 17.2 Å². The minimum atomic E-state index is -0.521. The highest BCUT2D eigenvalue weighted by Gasteiger charge is 2.23. The lowest BCUT2D eigenvalue weighted by Gasteiger charge is -2.21. The van der Waals surface area contributed by atoms with Gasteiger partial charge in [0.15, 0.2) is 23.0 Å². The van der Waals surface area contributed by atoms with Gasteiger partial charge < -0.3 is 19.5 Å². The standard InChI is InChI=1S/C26H28N2O6/c1-16-6-9-20(12-17(16)2)27-21(18-7-10-24(32-3)22(13-18)28(30)31)15-23(29)19-8-11-25(33-4)26(14-19)34-5/h6-14,21,27H,15H2,1-5H3. The highest BCUT2D eigenvalue weighted by molar-refractivity contribution is 5.97. The lowest BCUT2D eigenvalue weighted by molar-refractivity contribution is -0.385. The summed E-state index contributed by atoms with van der Waals surface area (Å²) >= 11 is 0. The van der Waals surface area contributed by atoms with Crippen molar-refractivity contribution in [2.75, 3.05) is 26.6 Å². The number of hydrogen-bond acceptors (Lipinski definition) is 7. The molecule has 0 fully saturated rings. The lowest BCUT2D eigenvalue weighted by atomic mass is 9.96. The molecule has 0 saturated heterocycles. The summed E-state index contributed by atoms with van der Waals surface area (Å²) in [5.74, 6) is 0.979. The molecule has 0 aliphatic carbocycles. The molecule has 0 radical (unpaired) electrons. The molecule has 0 aromatic heterocycles. The molecule has 8 nitrogen and oxygen atoms in total. The summed E-state index contributed by atoms with van der Waals surface area (Å²) in [7, 11) is 4.42. The number of rotatable bonds is 10. The number of methoxy groups -OCH3 is 3. The molecule has 0 saturated carbocycles. The van der Waals surface area contributed by atoms with Crippen LogP contribution in [0.3, 0.4) is 0 Å². The van der Waals surface area contributed by atoms with E-state index in [-0.39, 0.29) is 23.6 Å². The molecule has 34 heavy (non-hydrogen) atoms. The largest absolute Gasteiger partial charge is 0.493 e. The molecule has 0 bridgehead atoms. The van der Waals surface area contributed by atoms with Crippen molar-refractivity contribution in [2.45, 2.75) is 26.3 Å². The quantitative estimate of drug-likeness (QED) is 0.235. The molecule has 0 amide bonds. The normalized spacial score (nSPS) is 11.4. The minimum absolute atomic E-state index is 0.0614. The first kappa shape index (κ1) is 24.6. The van der Waals surface area contributed by atoms with Crippen LogP contribution in [0.2, 0.25) is 0 Å². The smallest absolute Gasteiger partial charge is 0.311 e. The number of nitrogens with zero attached hydrogens (tertiary/aromatic N) is 1. The number of nitro benzene ring substituents is 1. The second-order valence-corrected chi connectivity index (χ2v) is 7.88. The molecule has 3 rings (SSSR count). The van der Waals surface area contributed by atoms with E-state index in [0.717, 1.165) is 16.8 Å². The van der Waals surface area contributed by atoms with Crippen molar-refractivity contribution in [2.24, 2.45) is 0 Å². The summed E-state index contributed by atoms with van der Waals surface area (Å²) in [5, 5.41) is 15.0. The van der Waals surface area contributed by atoms with Crippen LogP contribution in [0.5, 0.6) is 17.2 Å². The van der Waals surface area contributed by atoms with Gasteiger partial charge in [-0.15, -0.1) is 0 Å². The van der Waals surface area contributed by atoms with Crippen molar-refractivity contribution in [1.82, 2.24) is 0 Å². The van der Waals surface area contributed by atoms with Crippen LogP contribution in [0.25, 0.3) is 0 Å². The summed E-state index contributed by atoms with van der Waals surface area (Å²) < 4.78 is 15.7. The fourth-order valence-electron chi connectivity index (χ4n) is 3.66. The van der Waals surface area contributed by atoms with E-state index in [1.807, 2.05) is 32.0 Å². The van der Waals surface area contributed by atoms with Crippen LogP contribution in [0, 0.1) is 24.0 Å². The zero-order valence-corrected chi connectivity index (χ0v) is 19.9. The van der Waals surface area contributed by atoms with E-state index in [4.69, 9.17) is 14.2 Å². The van der Waals surface area contributed by atoms with Crippen molar-refractivity contribution < 1.29 is 23.9 Å². The zero-order valence-electron chi connectivity index (χ0n) is 19.9. The first-order valence-corrected chi connectivity index (χ1v) is 10.7. The van der Waals surface area contributed by atoms with Gasteiger partial charge in [0, 0.05) is 23.7 Å². The van der Waals surface area contributed by atoms with Gasteiger partial charge in [-0.1, -0.05) is 12.1 Å². The van der Waals surface area contributed by atoms with Crippen LogP contribution >= 0.6 is 0 Å². The average Bonchev–Trinajstić information content (AvgIpc) is 2.84. The molecule has 0 spiro atoms. The molecule has 0 heterocycles. The number of nitrogens with one attached hydrogen (secondary N) is 1. The van der Waals surface area contributed by atoms with Crippen molar-refractivity contribution in [1.29, 1.82) is 0 Å². The van der Waals surface area contributed by atoms with Crippen LogP contribution in [0.1, 0.15) is 39.5 Å². The van der Waals surface area contributed by atoms with Crippen LogP contribution in [0.4, 0.5) is 11.4 Å². The monoisotopic (exact) mass is 464 g/mol. The molecule has 3 aromatic carbocycles. The lowest BCUT2D eigenvalue weighted by Crippen LogP contribution is -2.16. The maximum atomic E-state index is 13.3. The summed E-state index contributed by atoms with van der Waals surface area (Å²) in [4.78, 5) is 24.3. The van der Waals surface area contributed by atoms with E-state index in [2.05, 4.69) is 5.32 Å². The molecule has 0 aliphatic heterocycles. The SMILES string of the molecule is COc1ccc(C(=O)CC(Nc2ccc(C)c(C)c2)c2ccc(OC)c([N+](=O)[O-])c2)cc1OC. The van der Waals surface area contributed by atoms with Gasteiger partial charge in [0.25, 0.3) is 0 Å². The minimum Gasteiger partial charge on any atom is -0.493 e. The maximum absolute atomic E-state index is 13.3. The van der Waals surface area contributed by atoms with Crippen molar-refractivity contribution in [3.05, 3.63) is 87.0 Å². The third-order valence-electron chi connectivity index (χ3n) is 5.74. The Morgan fingerprint density at radius 2 is 1.56 bits per heavy atom. The molecule has 3 aromatic rings. The van der Waals surface area contributed by atoms with Crippen LogP contribution < -0.4 is 19.5 Å². The number of carbonyl (C=O) groups excluding carboxylic acids is 1. The van der Waals surface area contributed by atoms with Gasteiger partial charge in [0.1, 0.15) is 0 Å². The number of hydrogen-bond donors (Lipinski definition) is 1. The number of aryl methyl sites for hydroxylation is 2. The predicted octanol–water partition coefficient (Wildman–Crippen LogP) is 5.66. The Balaban J connectivity index is 1.99. The summed E-state index contributed by atoms with van der Waals surface area (Å²) in [6, 6.07) is 15.1. The Bertz CT molecular complexity index is 1210. The van der Waals surface area contributed by atoms with Gasteiger partial charge in [0.2, 0.25) is 0 Å². The van der Waals surface area contributed by atoms with Gasteiger partial charge >= 0.3 is 5.69 Å². The molecular formula is C26H28N2O6. The van der Waals surface area contributed by atoms with E-state index in [1.165, 1.54) is 27.4 Å². The average molecular weight is 465 g/mol. The Hall–Kier alpha value is -4.07. The molecule has 1 atom stereocenters. The Morgan fingerprint density at radius 1 is 0.882 bits per heavy atom. The van der Waals surface area contributed by atoms with Gasteiger partial charge in [-0.2, -0.15) is 0 Å². The van der Waals surface area contributed by atoms with Gasteiger partial charge in [-0.25, -0.2) is 0 Å². The molecule has 1 unspecified atom stereocenters. The summed E-state index contributed by atoms with van der Waals surface area (Å²) in [6.07, 6.45) is 0.0614. The highest BCUT2D eigenvalue weighted by atomic mass is 16.6. The Labute approximate surface area is 198 Å². The first-order chi connectivity index (χ1) is 16.3. The Kier molecular flexibility index (Phi) is 7.73. The van der Waals surface area contributed by atoms with Crippen LogP contribution in [-0.2, 0) is 0 Å². The molecule has 178 valence electrons. The summed E-state index contributed by atoms with van der Waals surface area (Å²) in [5.41, 5.74) is 3.93. The van der Waals surface area contributed by atoms with Crippen molar-refractivity contribution in [3.8, 4) is 17.2 Å². The number of ether oxygens (including phenoxy) is 3. The van der Waals surface area contributed by atoms with Gasteiger partial charge in [-0.05, 0) is 66.9 Å². The predicted molar refractivity (Wildman–Crippen MR) is 130 cm³/mol. The fraction of sp³-hybridized carbons (Fsp3) is 0.269. The van der Waals surface area contributed by atoms with Gasteiger partial charge in [0.05, 0.1) is 32.3 Å². The highest BCUT2D eigenvalue weighted by Crippen LogP contribution is 2.34. The van der Waals surface area contributed by atoms with E-state index in [0.29, 0.717) is 22.6 Å². The van der Waals surface area contributed by atoms with Crippen molar-refractivity contribution in [3.63, 3.8) is 0 Å². The fourth-order valence-corrected chi connectivity index (χ4v) is 3.66. The molecule has 8 heteroatoms. The van der Waals surface area contributed by atoms with E-state index < -0.39 is 11.0 Å². The third-order valence-corrected chi connectivity index (χ3v) is 5.74. The van der Waals surface area contributed by atoms with Gasteiger partial charge in [-0.3, -0.25) is 14.9 Å². The Morgan fingerprint density at radius 3 is 2.18 bits per heavy atom. The topological polar surface area (TPSA) is 99.9 Å². The second kappa shape index (κ2) is 10.7. The van der Waals surface area contributed by atoms with E-state index in [1.54, 1.807) is 30.3 Å². The molecular weight excluding hydrogens is 436 g/mol. The number of carbonyl (C=O) groups is 1. The van der Waals surface area contributed by atoms with Crippen LogP contribution in [-0.4, -0.2) is 32.0 Å². The maximum Gasteiger partial charge on any atom is 0.311 e. The van der Waals surface area contributed by atoms with Crippen LogP contribution in [0.15, 0.2) is 54.6 Å². The number of ketones is 1. The molecule has 0 aliphatic rings. The number of nitro groups is 1. The molecule has 1 N–H and O–H groups in total. The number of anilines is 1. The number of Topliss-reactive ketones (excluding diaryl/α,β-unsaturated/α-hetero) is 1. The van der Waals surface area contributed by atoms with E-state index >= 15 is 0 Å². The van der Waals surface area contributed by atoms with E-state index in [9.17, 15) is 14.9 Å². The second-order valence-electron chi connectivity index (χ2n) is 7.88. The number of benzene rings is 3. The summed E-state index contributed by atoms with van der Waals surface area (Å²) in [6.45, 7) is 4.02. The first-order valence-electron chi connectivity index (χ1n) is 10.7. The third kappa shape index (κ3) is 5.46.